The van der Waals surface area contributed by atoms with Gasteiger partial charge in [0.25, 0.3) is 0 Å². The maximum absolute atomic E-state index is 13.5. The van der Waals surface area contributed by atoms with Crippen LogP contribution in [0.25, 0.3) is 0 Å². The van der Waals surface area contributed by atoms with Crippen LogP contribution in [0.2, 0.25) is 0 Å². The zero-order chi connectivity index (χ0) is 14.0. The van der Waals surface area contributed by atoms with Crippen molar-refractivity contribution in [2.45, 2.75) is 20.4 Å². The second-order valence-corrected chi connectivity index (χ2v) is 4.54. The minimum Gasteiger partial charge on any atom is -0.508 e. The maximum Gasteiger partial charge on any atom is 0.128 e. The Morgan fingerprint density at radius 1 is 1.05 bits per heavy atom. The average molecular weight is 263 g/mol. The lowest BCUT2D eigenvalue weighted by Gasteiger charge is -2.12. The van der Waals surface area contributed by atoms with E-state index in [1.807, 2.05) is 6.92 Å². The Hall–Kier alpha value is -2.10. The number of halogens is 2. The van der Waals surface area contributed by atoms with E-state index in [0.717, 1.165) is 28.9 Å². The molecule has 2 nitrogen and oxygen atoms in total. The minimum atomic E-state index is -0.461. The first kappa shape index (κ1) is 13.3. The molecule has 0 atom stereocenters. The molecule has 2 rings (SSSR count). The Kier molecular flexibility index (Phi) is 3.69. The minimum absolute atomic E-state index is 0.189. The van der Waals surface area contributed by atoms with Gasteiger partial charge in [-0.1, -0.05) is 0 Å². The van der Waals surface area contributed by atoms with Gasteiger partial charge in [0.2, 0.25) is 0 Å². The standard InChI is InChI=1S/C15H15F2NO/c1-9-6-15(19)10(2)5-14(9)18-8-11-7-12(16)3-4-13(11)17/h3-7,18-19H,8H2,1-2H3. The molecule has 0 fully saturated rings. The lowest BCUT2D eigenvalue weighted by atomic mass is 10.1. The molecule has 0 heterocycles. The van der Waals surface area contributed by atoms with Crippen molar-refractivity contribution in [2.75, 3.05) is 5.32 Å². The van der Waals surface area contributed by atoms with Crippen LogP contribution in [0.5, 0.6) is 5.75 Å². The van der Waals surface area contributed by atoms with Crippen molar-refractivity contribution in [1.82, 2.24) is 0 Å². The topological polar surface area (TPSA) is 32.3 Å². The summed E-state index contributed by atoms with van der Waals surface area (Å²) in [4.78, 5) is 0. The molecule has 0 saturated carbocycles. The average Bonchev–Trinajstić information content (AvgIpc) is 2.36. The van der Waals surface area contributed by atoms with E-state index in [2.05, 4.69) is 5.32 Å². The molecule has 2 N–H and O–H groups in total. The van der Waals surface area contributed by atoms with Crippen LogP contribution in [-0.4, -0.2) is 5.11 Å². The van der Waals surface area contributed by atoms with Crippen molar-refractivity contribution < 1.29 is 13.9 Å². The number of phenols is 1. The normalized spacial score (nSPS) is 10.5. The van der Waals surface area contributed by atoms with E-state index in [1.165, 1.54) is 6.07 Å². The predicted molar refractivity (Wildman–Crippen MR) is 71.3 cm³/mol. The zero-order valence-corrected chi connectivity index (χ0v) is 10.8. The number of hydrogen-bond acceptors (Lipinski definition) is 2. The fraction of sp³-hybridized carbons (Fsp3) is 0.200. The molecule has 0 radical (unpaired) electrons. The first-order chi connectivity index (χ1) is 8.97. The lowest BCUT2D eigenvalue weighted by molar-refractivity contribution is 0.471. The van der Waals surface area contributed by atoms with Crippen LogP contribution >= 0.6 is 0 Å². The van der Waals surface area contributed by atoms with Crippen LogP contribution in [-0.2, 0) is 6.54 Å². The molecule has 0 spiro atoms. The first-order valence-electron chi connectivity index (χ1n) is 5.95. The smallest absolute Gasteiger partial charge is 0.128 e. The van der Waals surface area contributed by atoms with Crippen molar-refractivity contribution in [1.29, 1.82) is 0 Å². The van der Waals surface area contributed by atoms with E-state index in [4.69, 9.17) is 0 Å². The lowest BCUT2D eigenvalue weighted by Crippen LogP contribution is -2.04. The van der Waals surface area contributed by atoms with Gasteiger partial charge in [-0.25, -0.2) is 8.78 Å². The molecule has 0 amide bonds. The molecule has 100 valence electrons. The van der Waals surface area contributed by atoms with Crippen molar-refractivity contribution >= 4 is 5.69 Å². The second kappa shape index (κ2) is 5.26. The largest absolute Gasteiger partial charge is 0.508 e. The highest BCUT2D eigenvalue weighted by Crippen LogP contribution is 2.25. The van der Waals surface area contributed by atoms with Gasteiger partial charge in [0.15, 0.2) is 0 Å². The number of aryl methyl sites for hydroxylation is 2. The summed E-state index contributed by atoms with van der Waals surface area (Å²) in [5, 5.41) is 12.6. The van der Waals surface area contributed by atoms with Gasteiger partial charge in [0.05, 0.1) is 0 Å². The Morgan fingerprint density at radius 2 is 1.79 bits per heavy atom. The maximum atomic E-state index is 13.5. The van der Waals surface area contributed by atoms with E-state index < -0.39 is 11.6 Å². The highest BCUT2D eigenvalue weighted by Gasteiger charge is 2.06. The molecule has 0 unspecified atom stereocenters. The van der Waals surface area contributed by atoms with Gasteiger partial charge in [-0.15, -0.1) is 0 Å². The number of phenolic OH excluding ortho intramolecular Hbond substituents is 1. The number of benzene rings is 2. The Bertz CT molecular complexity index is 611. The summed E-state index contributed by atoms with van der Waals surface area (Å²) in [6.07, 6.45) is 0. The Balaban J connectivity index is 2.19. The van der Waals surface area contributed by atoms with E-state index in [1.54, 1.807) is 19.1 Å². The van der Waals surface area contributed by atoms with Gasteiger partial charge in [-0.3, -0.25) is 0 Å². The fourth-order valence-corrected chi connectivity index (χ4v) is 1.86. The van der Waals surface area contributed by atoms with Crippen LogP contribution in [0.3, 0.4) is 0 Å². The molecular formula is C15H15F2NO. The quantitative estimate of drug-likeness (QED) is 0.823. The van der Waals surface area contributed by atoms with Crippen molar-refractivity contribution in [3.63, 3.8) is 0 Å². The zero-order valence-electron chi connectivity index (χ0n) is 10.8. The molecule has 2 aromatic carbocycles. The third-order valence-electron chi connectivity index (χ3n) is 3.02. The van der Waals surface area contributed by atoms with Crippen LogP contribution in [0.15, 0.2) is 30.3 Å². The summed E-state index contributed by atoms with van der Waals surface area (Å²) in [7, 11) is 0. The van der Waals surface area contributed by atoms with Gasteiger partial charge >= 0.3 is 0 Å². The van der Waals surface area contributed by atoms with Crippen molar-refractivity contribution in [2.24, 2.45) is 0 Å². The molecule has 4 heteroatoms. The monoisotopic (exact) mass is 263 g/mol. The molecule has 19 heavy (non-hydrogen) atoms. The third-order valence-corrected chi connectivity index (χ3v) is 3.02. The number of aromatic hydroxyl groups is 1. The van der Waals surface area contributed by atoms with Crippen LogP contribution in [0, 0.1) is 25.5 Å². The third kappa shape index (κ3) is 3.02. The van der Waals surface area contributed by atoms with Gasteiger partial charge in [0, 0.05) is 17.8 Å². The number of anilines is 1. The van der Waals surface area contributed by atoms with Crippen LogP contribution in [0.4, 0.5) is 14.5 Å². The van der Waals surface area contributed by atoms with Gasteiger partial charge in [-0.2, -0.15) is 0 Å². The molecular weight excluding hydrogens is 248 g/mol. The summed E-state index contributed by atoms with van der Waals surface area (Å²) in [6.45, 7) is 3.81. The van der Waals surface area contributed by atoms with Gasteiger partial charge < -0.3 is 10.4 Å². The highest BCUT2D eigenvalue weighted by molar-refractivity contribution is 5.56. The molecule has 0 aliphatic carbocycles. The van der Waals surface area contributed by atoms with Crippen molar-refractivity contribution in [3.05, 3.63) is 58.7 Å². The summed E-state index contributed by atoms with van der Waals surface area (Å²) in [6, 6.07) is 6.79. The van der Waals surface area contributed by atoms with Crippen LogP contribution in [0.1, 0.15) is 16.7 Å². The number of rotatable bonds is 3. The Morgan fingerprint density at radius 3 is 2.53 bits per heavy atom. The molecule has 0 aliphatic heterocycles. The molecule has 2 aromatic rings. The second-order valence-electron chi connectivity index (χ2n) is 4.54. The molecule has 0 aliphatic rings. The Labute approximate surface area is 110 Å². The first-order valence-corrected chi connectivity index (χ1v) is 5.95. The van der Waals surface area contributed by atoms with Crippen molar-refractivity contribution in [3.8, 4) is 5.75 Å². The van der Waals surface area contributed by atoms with E-state index in [-0.39, 0.29) is 17.9 Å². The fourth-order valence-electron chi connectivity index (χ4n) is 1.86. The number of nitrogens with one attached hydrogen (secondary N) is 1. The van der Waals surface area contributed by atoms with E-state index >= 15 is 0 Å². The summed E-state index contributed by atoms with van der Waals surface area (Å²) < 4.78 is 26.5. The molecule has 0 aromatic heterocycles. The SMILES string of the molecule is Cc1cc(NCc2cc(F)ccc2F)c(C)cc1O. The summed E-state index contributed by atoms with van der Waals surface area (Å²) >= 11 is 0. The summed E-state index contributed by atoms with van der Waals surface area (Å²) in [5.74, 6) is -0.682. The van der Waals surface area contributed by atoms with Crippen LogP contribution < -0.4 is 5.32 Å². The highest BCUT2D eigenvalue weighted by atomic mass is 19.1. The van der Waals surface area contributed by atoms with Gasteiger partial charge in [-0.05, 0) is 55.3 Å². The van der Waals surface area contributed by atoms with E-state index in [0.29, 0.717) is 0 Å². The van der Waals surface area contributed by atoms with E-state index in [9.17, 15) is 13.9 Å². The van der Waals surface area contributed by atoms with Gasteiger partial charge in [0.1, 0.15) is 17.4 Å². The molecule has 0 bridgehead atoms. The summed E-state index contributed by atoms with van der Waals surface area (Å²) in [5.41, 5.74) is 2.64. The predicted octanol–water partition coefficient (Wildman–Crippen LogP) is 3.90. The number of hydrogen-bond donors (Lipinski definition) is 2. The molecule has 0 saturated heterocycles.